The lowest BCUT2D eigenvalue weighted by Crippen LogP contribution is -2.05. The Labute approximate surface area is 167 Å². The van der Waals surface area contributed by atoms with Crippen LogP contribution >= 0.6 is 0 Å². The molecule has 0 bridgehead atoms. The molecule has 0 aliphatic rings. The number of rotatable bonds is 5. The molecule has 0 spiro atoms. The lowest BCUT2D eigenvalue weighted by Gasteiger charge is -2.05. The van der Waals surface area contributed by atoms with Gasteiger partial charge in [-0.3, -0.25) is 0 Å². The molecule has 152 valence electrons. The van der Waals surface area contributed by atoms with E-state index in [0.717, 1.165) is 24.0 Å². The highest BCUT2D eigenvalue weighted by Crippen LogP contribution is 2.42. The minimum Gasteiger partial charge on any atom is -0.350 e. The lowest BCUT2D eigenvalue weighted by atomic mass is 10.0. The Morgan fingerprint density at radius 1 is 1.03 bits per heavy atom. The number of aldehydes is 1. The van der Waals surface area contributed by atoms with E-state index in [9.17, 15) is 22.4 Å². The smallest absolute Gasteiger partial charge is 0.350 e. The second-order valence-corrected chi connectivity index (χ2v) is 6.44. The average molecular weight is 415 g/mol. The summed E-state index contributed by atoms with van der Waals surface area (Å²) in [4.78, 5) is 14.7. The molecule has 0 saturated heterocycles. The second kappa shape index (κ2) is 7.58. The van der Waals surface area contributed by atoms with Crippen LogP contribution in [0.15, 0.2) is 65.6 Å². The van der Waals surface area contributed by atoms with Crippen LogP contribution in [0.25, 0.3) is 28.2 Å². The molecule has 0 radical (unpaired) electrons. The molecule has 2 aromatic carbocycles. The first-order valence-corrected chi connectivity index (χ1v) is 8.77. The molecular formula is C21H13F4N3O2. The van der Waals surface area contributed by atoms with Crippen molar-refractivity contribution in [1.29, 1.82) is 0 Å². The number of carbonyl (C=O) groups excluding carboxylic acids is 1. The Balaban J connectivity index is 1.79. The van der Waals surface area contributed by atoms with Gasteiger partial charge in [0.05, 0.1) is 17.6 Å². The monoisotopic (exact) mass is 415 g/mol. The van der Waals surface area contributed by atoms with E-state index in [2.05, 4.69) is 14.7 Å². The maximum atomic E-state index is 13.5. The molecule has 30 heavy (non-hydrogen) atoms. The predicted octanol–water partition coefficient (Wildman–Crippen LogP) is 5.09. The lowest BCUT2D eigenvalue weighted by molar-refractivity contribution is -0.155. The third-order valence-corrected chi connectivity index (χ3v) is 4.46. The summed E-state index contributed by atoms with van der Waals surface area (Å²) in [6.07, 6.45) is -0.950. The second-order valence-electron chi connectivity index (χ2n) is 6.44. The van der Waals surface area contributed by atoms with Crippen molar-refractivity contribution in [2.45, 2.75) is 12.6 Å². The zero-order valence-electron chi connectivity index (χ0n) is 15.2. The zero-order valence-corrected chi connectivity index (χ0v) is 15.2. The Kier molecular flexibility index (Phi) is 4.94. The molecule has 2 heterocycles. The van der Waals surface area contributed by atoms with Crippen molar-refractivity contribution in [2.24, 2.45) is 0 Å². The van der Waals surface area contributed by atoms with Gasteiger partial charge in [0.1, 0.15) is 17.8 Å². The van der Waals surface area contributed by atoms with Crippen molar-refractivity contribution in [3.05, 3.63) is 78.2 Å². The highest BCUT2D eigenvalue weighted by molar-refractivity contribution is 5.80. The van der Waals surface area contributed by atoms with Crippen LogP contribution in [0.3, 0.4) is 0 Å². The minimum atomic E-state index is -4.79. The fourth-order valence-electron chi connectivity index (χ4n) is 3.02. The Morgan fingerprint density at radius 3 is 2.37 bits per heavy atom. The molecule has 4 rings (SSSR count). The molecule has 9 heteroatoms. The summed E-state index contributed by atoms with van der Waals surface area (Å²) in [5.74, 6) is -1.81. The first-order valence-electron chi connectivity index (χ1n) is 8.77. The van der Waals surface area contributed by atoms with Gasteiger partial charge in [0, 0.05) is 23.9 Å². The molecule has 5 nitrogen and oxygen atoms in total. The number of nitrogens with zero attached hydrogens (tertiary/aromatic N) is 3. The van der Waals surface area contributed by atoms with Gasteiger partial charge in [0.15, 0.2) is 0 Å². The van der Waals surface area contributed by atoms with E-state index in [-0.39, 0.29) is 28.9 Å². The van der Waals surface area contributed by atoms with Gasteiger partial charge in [-0.1, -0.05) is 17.3 Å². The van der Waals surface area contributed by atoms with Crippen LogP contribution in [0.4, 0.5) is 17.6 Å². The van der Waals surface area contributed by atoms with Crippen LogP contribution in [0, 0.1) is 5.82 Å². The quantitative estimate of drug-likeness (QED) is 0.336. The summed E-state index contributed by atoms with van der Waals surface area (Å²) >= 11 is 0. The van der Waals surface area contributed by atoms with Crippen LogP contribution in [-0.2, 0) is 17.4 Å². The van der Waals surface area contributed by atoms with E-state index < -0.39 is 17.8 Å². The van der Waals surface area contributed by atoms with Crippen molar-refractivity contribution < 1.29 is 26.9 Å². The number of hydrogen-bond donors (Lipinski definition) is 0. The summed E-state index contributed by atoms with van der Waals surface area (Å²) in [7, 11) is 0. The van der Waals surface area contributed by atoms with Crippen molar-refractivity contribution in [2.75, 3.05) is 0 Å². The van der Waals surface area contributed by atoms with E-state index in [1.54, 1.807) is 28.8 Å². The SMILES string of the molecule is O=CCc1ccc(-n2cnc(-c3c(-c4ccc(F)cc4)noc3C(F)(F)F)c2)cc1. The predicted molar refractivity (Wildman–Crippen MR) is 99.2 cm³/mol. The number of halogens is 4. The molecular weight excluding hydrogens is 402 g/mol. The summed E-state index contributed by atoms with van der Waals surface area (Å²) in [6.45, 7) is 0. The average Bonchev–Trinajstić information content (AvgIpc) is 3.36. The van der Waals surface area contributed by atoms with Crippen LogP contribution in [0.1, 0.15) is 11.3 Å². The third kappa shape index (κ3) is 3.73. The fourth-order valence-corrected chi connectivity index (χ4v) is 3.02. The van der Waals surface area contributed by atoms with E-state index in [0.29, 0.717) is 5.69 Å². The molecule has 4 aromatic rings. The summed E-state index contributed by atoms with van der Waals surface area (Å²) < 4.78 is 59.9. The summed E-state index contributed by atoms with van der Waals surface area (Å²) in [5, 5.41) is 3.57. The van der Waals surface area contributed by atoms with Crippen LogP contribution in [0.5, 0.6) is 0 Å². The number of carbonyl (C=O) groups is 1. The Morgan fingerprint density at radius 2 is 1.73 bits per heavy atom. The maximum Gasteiger partial charge on any atom is 0.453 e. The molecule has 0 aliphatic carbocycles. The first-order chi connectivity index (χ1) is 14.4. The van der Waals surface area contributed by atoms with Crippen LogP contribution in [-0.4, -0.2) is 21.0 Å². The summed E-state index contributed by atoms with van der Waals surface area (Å²) in [5.41, 5.74) is 1.31. The van der Waals surface area contributed by atoms with Crippen LogP contribution < -0.4 is 0 Å². The maximum absolute atomic E-state index is 13.5. The van der Waals surface area contributed by atoms with Gasteiger partial charge in [-0.2, -0.15) is 13.2 Å². The third-order valence-electron chi connectivity index (χ3n) is 4.46. The normalized spacial score (nSPS) is 11.6. The van der Waals surface area contributed by atoms with Gasteiger partial charge in [-0.25, -0.2) is 9.37 Å². The van der Waals surface area contributed by atoms with Gasteiger partial charge in [-0.05, 0) is 42.0 Å². The molecule has 0 atom stereocenters. The molecule has 0 unspecified atom stereocenters. The standard InChI is InChI=1S/C21H13F4N3O2/c22-15-5-3-14(4-6-15)19-18(20(30-27-19)21(23,24)25)17-11-28(12-26-17)16-7-1-13(2-8-16)9-10-29/h1-8,10-12H,9H2. The van der Waals surface area contributed by atoms with Gasteiger partial charge >= 0.3 is 6.18 Å². The topological polar surface area (TPSA) is 60.9 Å². The fraction of sp³-hybridized carbons (Fsp3) is 0.0952. The Bertz CT molecular complexity index is 1180. The van der Waals surface area contributed by atoms with E-state index in [4.69, 9.17) is 0 Å². The highest BCUT2D eigenvalue weighted by atomic mass is 19.4. The van der Waals surface area contributed by atoms with Crippen LogP contribution in [0.2, 0.25) is 0 Å². The Hall–Kier alpha value is -3.75. The molecule has 0 saturated carbocycles. The molecule has 0 amide bonds. The largest absolute Gasteiger partial charge is 0.453 e. The molecule has 0 aliphatic heterocycles. The number of aromatic nitrogens is 3. The molecule has 0 N–H and O–H groups in total. The molecule has 2 aromatic heterocycles. The summed E-state index contributed by atoms with van der Waals surface area (Å²) in [6, 6.07) is 11.8. The highest BCUT2D eigenvalue weighted by Gasteiger charge is 2.41. The molecule has 0 fully saturated rings. The van der Waals surface area contributed by atoms with Crippen molar-refractivity contribution >= 4 is 6.29 Å². The number of imidazole rings is 1. The van der Waals surface area contributed by atoms with Crippen molar-refractivity contribution in [1.82, 2.24) is 14.7 Å². The van der Waals surface area contributed by atoms with E-state index >= 15 is 0 Å². The zero-order chi connectivity index (χ0) is 21.3. The first kappa shape index (κ1) is 19.6. The van der Waals surface area contributed by atoms with Gasteiger partial charge in [0.25, 0.3) is 0 Å². The van der Waals surface area contributed by atoms with E-state index in [1.165, 1.54) is 24.7 Å². The minimum absolute atomic E-state index is 0.000122. The van der Waals surface area contributed by atoms with E-state index in [1.807, 2.05) is 0 Å². The van der Waals surface area contributed by atoms with Crippen molar-refractivity contribution in [3.8, 4) is 28.2 Å². The van der Waals surface area contributed by atoms with Gasteiger partial charge in [0.2, 0.25) is 5.76 Å². The number of benzene rings is 2. The number of hydrogen-bond acceptors (Lipinski definition) is 4. The van der Waals surface area contributed by atoms with Crippen molar-refractivity contribution in [3.63, 3.8) is 0 Å². The van der Waals surface area contributed by atoms with Gasteiger partial charge in [-0.15, -0.1) is 0 Å². The van der Waals surface area contributed by atoms with Gasteiger partial charge < -0.3 is 13.9 Å². The number of alkyl halides is 3.